The first-order valence-electron chi connectivity index (χ1n) is 4.33. The summed E-state index contributed by atoms with van der Waals surface area (Å²) in [6, 6.07) is 0. The minimum Gasteiger partial charge on any atom is -0.465 e. The number of carbonyl (C=O) groups is 1. The van der Waals surface area contributed by atoms with Crippen molar-refractivity contribution in [2.45, 2.75) is 18.7 Å². The third-order valence-electron chi connectivity index (χ3n) is 1.82. The molecule has 0 aromatic carbocycles. The molecule has 0 aliphatic carbocycles. The SMILES string of the molecule is CCOC(=O)C(Cl)C1=CCOCC1. The fourth-order valence-corrected chi connectivity index (χ4v) is 1.40. The summed E-state index contributed by atoms with van der Waals surface area (Å²) >= 11 is 5.89. The van der Waals surface area contributed by atoms with Gasteiger partial charge in [-0.15, -0.1) is 11.6 Å². The van der Waals surface area contributed by atoms with Crippen LogP contribution in [0, 0.1) is 0 Å². The second-order valence-corrected chi connectivity index (χ2v) is 3.15. The van der Waals surface area contributed by atoms with Crippen molar-refractivity contribution in [1.82, 2.24) is 0 Å². The molecular weight excluding hydrogens is 192 g/mol. The van der Waals surface area contributed by atoms with E-state index < -0.39 is 5.38 Å². The van der Waals surface area contributed by atoms with Crippen LogP contribution in [0.4, 0.5) is 0 Å². The average Bonchev–Trinajstić information content (AvgIpc) is 2.18. The Hall–Kier alpha value is -0.540. The maximum Gasteiger partial charge on any atom is 0.328 e. The normalized spacial score (nSPS) is 19.1. The number of alkyl halides is 1. The highest BCUT2D eigenvalue weighted by Crippen LogP contribution is 2.18. The molecule has 0 fully saturated rings. The summed E-state index contributed by atoms with van der Waals surface area (Å²) in [6.45, 7) is 3.30. The maximum absolute atomic E-state index is 11.2. The van der Waals surface area contributed by atoms with E-state index >= 15 is 0 Å². The van der Waals surface area contributed by atoms with Gasteiger partial charge in [0.25, 0.3) is 0 Å². The quantitative estimate of drug-likeness (QED) is 0.397. The number of esters is 1. The highest BCUT2D eigenvalue weighted by atomic mass is 35.5. The lowest BCUT2D eigenvalue weighted by Crippen LogP contribution is -2.23. The Labute approximate surface area is 82.7 Å². The van der Waals surface area contributed by atoms with Crippen LogP contribution < -0.4 is 0 Å². The summed E-state index contributed by atoms with van der Waals surface area (Å²) < 4.78 is 9.91. The number of carbonyl (C=O) groups excluding carboxylic acids is 1. The maximum atomic E-state index is 11.2. The van der Waals surface area contributed by atoms with Gasteiger partial charge in [-0.25, -0.2) is 0 Å². The molecular formula is C9H13ClO3. The van der Waals surface area contributed by atoms with Crippen molar-refractivity contribution in [3.05, 3.63) is 11.6 Å². The van der Waals surface area contributed by atoms with Crippen molar-refractivity contribution in [3.63, 3.8) is 0 Å². The molecule has 1 aliphatic heterocycles. The summed E-state index contributed by atoms with van der Waals surface area (Å²) in [7, 11) is 0. The zero-order chi connectivity index (χ0) is 9.68. The largest absolute Gasteiger partial charge is 0.465 e. The van der Waals surface area contributed by atoms with Gasteiger partial charge in [0.15, 0.2) is 5.38 Å². The van der Waals surface area contributed by atoms with Crippen molar-refractivity contribution in [3.8, 4) is 0 Å². The van der Waals surface area contributed by atoms with E-state index in [-0.39, 0.29) is 5.97 Å². The predicted molar refractivity (Wildman–Crippen MR) is 49.8 cm³/mol. The lowest BCUT2D eigenvalue weighted by molar-refractivity contribution is -0.141. The van der Waals surface area contributed by atoms with Gasteiger partial charge in [0.2, 0.25) is 0 Å². The van der Waals surface area contributed by atoms with Crippen molar-refractivity contribution in [2.75, 3.05) is 19.8 Å². The van der Waals surface area contributed by atoms with Gasteiger partial charge in [0.05, 0.1) is 19.8 Å². The van der Waals surface area contributed by atoms with Crippen molar-refractivity contribution >= 4 is 17.6 Å². The molecule has 1 aliphatic rings. The molecule has 0 bridgehead atoms. The topological polar surface area (TPSA) is 35.5 Å². The van der Waals surface area contributed by atoms with E-state index in [9.17, 15) is 4.79 Å². The van der Waals surface area contributed by atoms with E-state index in [2.05, 4.69) is 0 Å². The molecule has 0 saturated carbocycles. The lowest BCUT2D eigenvalue weighted by atomic mass is 10.1. The third kappa shape index (κ3) is 3.01. The van der Waals surface area contributed by atoms with E-state index in [0.29, 0.717) is 26.2 Å². The fraction of sp³-hybridized carbons (Fsp3) is 0.667. The number of halogens is 1. The van der Waals surface area contributed by atoms with Crippen LogP contribution >= 0.6 is 11.6 Å². The van der Waals surface area contributed by atoms with Crippen LogP contribution in [0.5, 0.6) is 0 Å². The van der Waals surface area contributed by atoms with Crippen molar-refractivity contribution in [1.29, 1.82) is 0 Å². The monoisotopic (exact) mass is 204 g/mol. The molecule has 1 atom stereocenters. The Bertz CT molecular complexity index is 213. The van der Waals surface area contributed by atoms with E-state index in [1.165, 1.54) is 0 Å². The zero-order valence-electron chi connectivity index (χ0n) is 7.59. The Morgan fingerprint density at radius 1 is 1.85 bits per heavy atom. The second-order valence-electron chi connectivity index (χ2n) is 2.72. The molecule has 1 rings (SSSR count). The summed E-state index contributed by atoms with van der Waals surface area (Å²) in [5.74, 6) is -0.364. The minimum atomic E-state index is -0.635. The Kier molecular flexibility index (Phi) is 4.25. The first-order chi connectivity index (χ1) is 6.25. The molecule has 0 spiro atoms. The molecule has 0 aromatic rings. The summed E-state index contributed by atoms with van der Waals surface area (Å²) in [5, 5.41) is -0.635. The molecule has 0 aromatic heterocycles. The predicted octanol–water partition coefficient (Wildman–Crippen LogP) is 1.50. The lowest BCUT2D eigenvalue weighted by Gasteiger charge is -2.16. The van der Waals surface area contributed by atoms with Gasteiger partial charge in [0.1, 0.15) is 0 Å². The van der Waals surface area contributed by atoms with Gasteiger partial charge in [0, 0.05) is 0 Å². The van der Waals surface area contributed by atoms with Crippen LogP contribution in [0.1, 0.15) is 13.3 Å². The average molecular weight is 205 g/mol. The molecule has 0 saturated heterocycles. The first-order valence-corrected chi connectivity index (χ1v) is 4.76. The summed E-state index contributed by atoms with van der Waals surface area (Å²) in [4.78, 5) is 11.2. The molecule has 0 radical (unpaired) electrons. The van der Waals surface area contributed by atoms with Crippen molar-refractivity contribution < 1.29 is 14.3 Å². The van der Waals surface area contributed by atoms with Gasteiger partial charge < -0.3 is 9.47 Å². The Balaban J connectivity index is 2.50. The Morgan fingerprint density at radius 3 is 3.15 bits per heavy atom. The van der Waals surface area contributed by atoms with Crippen LogP contribution in [-0.2, 0) is 14.3 Å². The Morgan fingerprint density at radius 2 is 2.62 bits per heavy atom. The standard InChI is InChI=1S/C9H13ClO3/c1-2-13-9(11)8(10)7-3-5-12-6-4-7/h3,8H,2,4-6H2,1H3. The molecule has 0 N–H and O–H groups in total. The number of hydrogen-bond donors (Lipinski definition) is 0. The van der Waals surface area contributed by atoms with Crippen LogP contribution in [0.15, 0.2) is 11.6 Å². The van der Waals surface area contributed by atoms with Gasteiger partial charge in [-0.3, -0.25) is 4.79 Å². The molecule has 74 valence electrons. The number of hydrogen-bond acceptors (Lipinski definition) is 3. The number of rotatable bonds is 3. The third-order valence-corrected chi connectivity index (χ3v) is 2.28. The second kappa shape index (κ2) is 5.25. The van der Waals surface area contributed by atoms with Gasteiger partial charge in [-0.05, 0) is 18.9 Å². The fourth-order valence-electron chi connectivity index (χ4n) is 1.14. The van der Waals surface area contributed by atoms with Crippen LogP contribution in [-0.4, -0.2) is 31.2 Å². The zero-order valence-corrected chi connectivity index (χ0v) is 8.34. The summed E-state index contributed by atoms with van der Waals surface area (Å²) in [6.07, 6.45) is 2.56. The smallest absolute Gasteiger partial charge is 0.328 e. The summed E-state index contributed by atoms with van der Waals surface area (Å²) in [5.41, 5.74) is 0.909. The van der Waals surface area contributed by atoms with E-state index in [4.69, 9.17) is 21.1 Å². The van der Waals surface area contributed by atoms with Crippen molar-refractivity contribution in [2.24, 2.45) is 0 Å². The van der Waals surface area contributed by atoms with Crippen LogP contribution in [0.3, 0.4) is 0 Å². The van der Waals surface area contributed by atoms with Crippen LogP contribution in [0.25, 0.3) is 0 Å². The van der Waals surface area contributed by atoms with E-state index in [1.54, 1.807) is 6.92 Å². The van der Waals surface area contributed by atoms with Gasteiger partial charge in [-0.2, -0.15) is 0 Å². The van der Waals surface area contributed by atoms with E-state index in [1.807, 2.05) is 6.08 Å². The highest BCUT2D eigenvalue weighted by molar-refractivity contribution is 6.32. The molecule has 0 amide bonds. The number of ether oxygens (including phenoxy) is 2. The molecule has 1 heterocycles. The molecule has 1 unspecified atom stereocenters. The highest BCUT2D eigenvalue weighted by Gasteiger charge is 2.22. The van der Waals surface area contributed by atoms with Gasteiger partial charge >= 0.3 is 5.97 Å². The molecule has 13 heavy (non-hydrogen) atoms. The van der Waals surface area contributed by atoms with E-state index in [0.717, 1.165) is 5.57 Å². The van der Waals surface area contributed by atoms with Crippen LogP contribution in [0.2, 0.25) is 0 Å². The van der Waals surface area contributed by atoms with Gasteiger partial charge in [-0.1, -0.05) is 6.08 Å². The minimum absolute atomic E-state index is 0.364. The molecule has 4 heteroatoms. The molecule has 3 nitrogen and oxygen atoms in total. The first kappa shape index (κ1) is 10.5.